The lowest BCUT2D eigenvalue weighted by molar-refractivity contribution is 0.515. The van der Waals surface area contributed by atoms with E-state index in [-0.39, 0.29) is 5.82 Å². The molecule has 21 heavy (non-hydrogen) atoms. The van der Waals surface area contributed by atoms with Crippen molar-refractivity contribution in [3.63, 3.8) is 0 Å². The van der Waals surface area contributed by atoms with Crippen LogP contribution in [-0.4, -0.2) is 10.2 Å². The summed E-state index contributed by atoms with van der Waals surface area (Å²) in [6.45, 7) is 2.24. The van der Waals surface area contributed by atoms with E-state index in [0.717, 1.165) is 16.8 Å². The summed E-state index contributed by atoms with van der Waals surface area (Å²) in [5, 5.41) is 11.2. The van der Waals surface area contributed by atoms with Gasteiger partial charge in [0.25, 0.3) is 0 Å². The van der Waals surface area contributed by atoms with Gasteiger partial charge in [-0.25, -0.2) is 4.39 Å². The van der Waals surface area contributed by atoms with E-state index in [9.17, 15) is 4.39 Å². The molecule has 0 bridgehead atoms. The minimum absolute atomic E-state index is 0.248. The van der Waals surface area contributed by atoms with Crippen LogP contribution in [-0.2, 0) is 6.54 Å². The summed E-state index contributed by atoms with van der Waals surface area (Å²) in [6, 6.07) is 14.2. The van der Waals surface area contributed by atoms with Crippen molar-refractivity contribution in [2.75, 3.05) is 5.32 Å². The third kappa shape index (κ3) is 3.08. The summed E-state index contributed by atoms with van der Waals surface area (Å²) in [5.41, 5.74) is 2.56. The molecule has 4 nitrogen and oxygen atoms in total. The smallest absolute Gasteiger partial charge is 0.247 e. The van der Waals surface area contributed by atoms with Crippen LogP contribution >= 0.6 is 0 Å². The lowest BCUT2D eigenvalue weighted by Gasteiger charge is -2.06. The van der Waals surface area contributed by atoms with Gasteiger partial charge in [-0.05, 0) is 42.8 Å². The van der Waals surface area contributed by atoms with Crippen LogP contribution in [0.5, 0.6) is 0 Å². The standard InChI is InChI=1S/C16H14FN3O/c1-11-9-13(17)7-8-14(11)18-10-15-19-20-16(21-15)12-5-3-2-4-6-12/h2-9,18H,10H2,1H3. The van der Waals surface area contributed by atoms with E-state index in [1.807, 2.05) is 37.3 Å². The van der Waals surface area contributed by atoms with Crippen LogP contribution in [0.25, 0.3) is 11.5 Å². The van der Waals surface area contributed by atoms with Crippen molar-refractivity contribution in [3.05, 3.63) is 65.8 Å². The molecule has 0 saturated heterocycles. The molecule has 0 aliphatic carbocycles. The Balaban J connectivity index is 1.70. The van der Waals surface area contributed by atoms with Gasteiger partial charge >= 0.3 is 0 Å². The molecule has 1 N–H and O–H groups in total. The number of hydrogen-bond acceptors (Lipinski definition) is 4. The maximum Gasteiger partial charge on any atom is 0.247 e. The van der Waals surface area contributed by atoms with Crippen LogP contribution < -0.4 is 5.32 Å². The molecule has 3 rings (SSSR count). The predicted molar refractivity (Wildman–Crippen MR) is 78.2 cm³/mol. The Morgan fingerprint density at radius 3 is 2.67 bits per heavy atom. The lowest BCUT2D eigenvalue weighted by atomic mass is 10.2. The summed E-state index contributed by atoms with van der Waals surface area (Å²) < 4.78 is 18.6. The molecule has 0 fully saturated rings. The van der Waals surface area contributed by atoms with Gasteiger partial charge in [0.2, 0.25) is 11.8 Å². The Hall–Kier alpha value is -2.69. The van der Waals surface area contributed by atoms with E-state index >= 15 is 0 Å². The molecule has 0 amide bonds. The molecule has 0 radical (unpaired) electrons. The Kier molecular flexibility index (Phi) is 3.64. The first kappa shape index (κ1) is 13.3. The number of hydrogen-bond donors (Lipinski definition) is 1. The normalized spacial score (nSPS) is 10.6. The topological polar surface area (TPSA) is 51.0 Å². The minimum atomic E-state index is -0.248. The highest BCUT2D eigenvalue weighted by atomic mass is 19.1. The number of nitrogens with one attached hydrogen (secondary N) is 1. The average Bonchev–Trinajstić information content (AvgIpc) is 2.96. The molecule has 0 saturated carbocycles. The SMILES string of the molecule is Cc1cc(F)ccc1NCc1nnc(-c2ccccc2)o1. The molecular weight excluding hydrogens is 269 g/mol. The third-order valence-electron chi connectivity index (χ3n) is 3.11. The number of rotatable bonds is 4. The van der Waals surface area contributed by atoms with Gasteiger partial charge in [0.05, 0.1) is 6.54 Å². The second-order valence-electron chi connectivity index (χ2n) is 4.68. The molecular formula is C16H14FN3O. The van der Waals surface area contributed by atoms with E-state index in [1.165, 1.54) is 12.1 Å². The Morgan fingerprint density at radius 1 is 1.10 bits per heavy atom. The number of benzene rings is 2. The van der Waals surface area contributed by atoms with Crippen molar-refractivity contribution < 1.29 is 8.81 Å². The van der Waals surface area contributed by atoms with Crippen molar-refractivity contribution in [1.82, 2.24) is 10.2 Å². The fraction of sp³-hybridized carbons (Fsp3) is 0.125. The van der Waals surface area contributed by atoms with Crippen LogP contribution in [0.1, 0.15) is 11.5 Å². The molecule has 0 aliphatic heterocycles. The summed E-state index contributed by atoms with van der Waals surface area (Å²) in [4.78, 5) is 0. The first-order valence-electron chi connectivity index (χ1n) is 6.60. The van der Waals surface area contributed by atoms with E-state index in [1.54, 1.807) is 6.07 Å². The summed E-state index contributed by atoms with van der Waals surface area (Å²) in [5.74, 6) is 0.725. The Morgan fingerprint density at radius 2 is 1.90 bits per heavy atom. The molecule has 1 aromatic heterocycles. The zero-order valence-corrected chi connectivity index (χ0v) is 11.5. The summed E-state index contributed by atoms with van der Waals surface area (Å²) in [7, 11) is 0. The highest BCUT2D eigenvalue weighted by Crippen LogP contribution is 2.19. The van der Waals surface area contributed by atoms with Gasteiger partial charge in [-0.2, -0.15) is 0 Å². The fourth-order valence-corrected chi connectivity index (χ4v) is 2.02. The van der Waals surface area contributed by atoms with Crippen LogP contribution in [0.4, 0.5) is 10.1 Å². The van der Waals surface area contributed by atoms with Gasteiger partial charge < -0.3 is 9.73 Å². The molecule has 0 unspecified atom stereocenters. The van der Waals surface area contributed by atoms with Crippen molar-refractivity contribution in [2.24, 2.45) is 0 Å². The summed E-state index contributed by atoms with van der Waals surface area (Å²) >= 11 is 0. The van der Waals surface area contributed by atoms with Crippen LogP contribution in [0, 0.1) is 12.7 Å². The van der Waals surface area contributed by atoms with E-state index in [4.69, 9.17) is 4.42 Å². The molecule has 2 aromatic carbocycles. The lowest BCUT2D eigenvalue weighted by Crippen LogP contribution is -2.01. The van der Waals surface area contributed by atoms with Crippen LogP contribution in [0.3, 0.4) is 0 Å². The highest BCUT2D eigenvalue weighted by Gasteiger charge is 2.08. The molecule has 0 aliphatic rings. The van der Waals surface area contributed by atoms with Gasteiger partial charge in [0, 0.05) is 11.3 Å². The van der Waals surface area contributed by atoms with Crippen LogP contribution in [0.15, 0.2) is 52.9 Å². The molecule has 106 valence electrons. The molecule has 3 aromatic rings. The molecule has 0 spiro atoms. The second-order valence-corrected chi connectivity index (χ2v) is 4.68. The maximum atomic E-state index is 13.0. The van der Waals surface area contributed by atoms with Crippen molar-refractivity contribution >= 4 is 5.69 Å². The van der Waals surface area contributed by atoms with E-state index in [0.29, 0.717) is 18.3 Å². The van der Waals surface area contributed by atoms with Crippen molar-refractivity contribution in [2.45, 2.75) is 13.5 Å². The second kappa shape index (κ2) is 5.75. The average molecular weight is 283 g/mol. The minimum Gasteiger partial charge on any atom is -0.419 e. The number of nitrogens with zero attached hydrogens (tertiary/aromatic N) is 2. The Labute approximate surface area is 121 Å². The zero-order valence-electron chi connectivity index (χ0n) is 11.5. The van der Waals surface area contributed by atoms with E-state index in [2.05, 4.69) is 15.5 Å². The number of anilines is 1. The molecule has 0 atom stereocenters. The fourth-order valence-electron chi connectivity index (χ4n) is 2.02. The number of halogens is 1. The third-order valence-corrected chi connectivity index (χ3v) is 3.11. The van der Waals surface area contributed by atoms with Gasteiger partial charge in [-0.15, -0.1) is 10.2 Å². The van der Waals surface area contributed by atoms with Gasteiger partial charge in [-0.3, -0.25) is 0 Å². The highest BCUT2D eigenvalue weighted by molar-refractivity contribution is 5.52. The van der Waals surface area contributed by atoms with Gasteiger partial charge in [0.1, 0.15) is 5.82 Å². The quantitative estimate of drug-likeness (QED) is 0.791. The Bertz CT molecular complexity index is 740. The van der Waals surface area contributed by atoms with Gasteiger partial charge in [-0.1, -0.05) is 18.2 Å². The first-order valence-corrected chi connectivity index (χ1v) is 6.60. The van der Waals surface area contributed by atoms with Crippen molar-refractivity contribution in [3.8, 4) is 11.5 Å². The summed E-state index contributed by atoms with van der Waals surface area (Å²) in [6.07, 6.45) is 0. The first-order chi connectivity index (χ1) is 10.2. The molecule has 1 heterocycles. The zero-order chi connectivity index (χ0) is 14.7. The van der Waals surface area contributed by atoms with Gasteiger partial charge in [0.15, 0.2) is 0 Å². The maximum absolute atomic E-state index is 13.0. The number of aryl methyl sites for hydroxylation is 1. The van der Waals surface area contributed by atoms with Crippen molar-refractivity contribution in [1.29, 1.82) is 0 Å². The predicted octanol–water partition coefficient (Wildman–Crippen LogP) is 3.80. The van der Waals surface area contributed by atoms with Crippen LogP contribution in [0.2, 0.25) is 0 Å². The van der Waals surface area contributed by atoms with E-state index < -0.39 is 0 Å². The molecule has 5 heteroatoms. The largest absolute Gasteiger partial charge is 0.419 e. The number of aromatic nitrogens is 2. The monoisotopic (exact) mass is 283 g/mol.